The molecule has 6 nitrogen and oxygen atoms in total. The summed E-state index contributed by atoms with van der Waals surface area (Å²) < 4.78 is 4.86. The molecule has 2 rings (SSSR count). The van der Waals surface area contributed by atoms with Gasteiger partial charge in [-0.2, -0.15) is 0 Å². The molecule has 1 aromatic rings. The number of anilines is 1. The molecule has 1 aliphatic rings. The average molecular weight is 264 g/mol. The van der Waals surface area contributed by atoms with Crippen molar-refractivity contribution in [2.24, 2.45) is 0 Å². The Morgan fingerprint density at radius 1 is 1.37 bits per heavy atom. The highest BCUT2D eigenvalue weighted by Gasteiger charge is 2.15. The number of methoxy groups -OCH3 is 1. The van der Waals surface area contributed by atoms with E-state index in [1.165, 1.54) is 31.9 Å². The number of hydrogen-bond acceptors (Lipinski definition) is 5. The summed E-state index contributed by atoms with van der Waals surface area (Å²) in [5, 5.41) is 6.04. The third-order valence-electron chi connectivity index (χ3n) is 3.18. The fourth-order valence-electron chi connectivity index (χ4n) is 2.16. The fourth-order valence-corrected chi connectivity index (χ4v) is 2.16. The Kier molecular flexibility index (Phi) is 5.09. The Hall–Kier alpha value is -1.69. The van der Waals surface area contributed by atoms with Crippen LogP contribution < -0.4 is 10.6 Å². The van der Waals surface area contributed by atoms with E-state index in [0.717, 1.165) is 5.82 Å². The van der Waals surface area contributed by atoms with Gasteiger partial charge in [-0.1, -0.05) is 12.8 Å². The average Bonchev–Trinajstić information content (AvgIpc) is 2.93. The predicted octanol–water partition coefficient (Wildman–Crippen LogP) is 1.21. The largest absolute Gasteiger partial charge is 0.383 e. The van der Waals surface area contributed by atoms with E-state index in [2.05, 4.69) is 20.6 Å². The highest BCUT2D eigenvalue weighted by molar-refractivity contribution is 5.91. The van der Waals surface area contributed by atoms with Crippen LogP contribution in [0.5, 0.6) is 0 Å². The summed E-state index contributed by atoms with van der Waals surface area (Å²) in [5.41, 5.74) is 0.327. The quantitative estimate of drug-likeness (QED) is 0.755. The Morgan fingerprint density at radius 3 is 2.79 bits per heavy atom. The molecule has 0 bridgehead atoms. The van der Waals surface area contributed by atoms with Gasteiger partial charge >= 0.3 is 0 Å². The topological polar surface area (TPSA) is 76.1 Å². The number of hydrogen-bond donors (Lipinski definition) is 2. The number of carbonyl (C=O) groups excluding carboxylic acids is 1. The number of aromatic nitrogens is 2. The lowest BCUT2D eigenvalue weighted by atomic mass is 10.2. The van der Waals surface area contributed by atoms with Crippen LogP contribution in [-0.2, 0) is 4.74 Å². The molecule has 0 spiro atoms. The number of ether oxygens (including phenoxy) is 1. The van der Waals surface area contributed by atoms with E-state index in [1.807, 2.05) is 0 Å². The van der Waals surface area contributed by atoms with Gasteiger partial charge in [0.1, 0.15) is 11.5 Å². The van der Waals surface area contributed by atoms with Gasteiger partial charge < -0.3 is 15.4 Å². The maximum Gasteiger partial charge on any atom is 0.271 e. The zero-order valence-corrected chi connectivity index (χ0v) is 11.2. The third kappa shape index (κ3) is 4.17. The first kappa shape index (κ1) is 13.7. The molecule has 1 aromatic heterocycles. The van der Waals surface area contributed by atoms with E-state index in [-0.39, 0.29) is 5.91 Å². The molecule has 1 saturated carbocycles. The molecule has 6 heteroatoms. The van der Waals surface area contributed by atoms with E-state index < -0.39 is 0 Å². The van der Waals surface area contributed by atoms with Crippen LogP contribution in [0.25, 0.3) is 0 Å². The first-order chi connectivity index (χ1) is 9.29. The SMILES string of the molecule is COCCNC(=O)c1cnc(NC2CCCC2)cn1. The van der Waals surface area contributed by atoms with Crippen molar-refractivity contribution in [2.75, 3.05) is 25.6 Å². The van der Waals surface area contributed by atoms with Crippen molar-refractivity contribution in [1.82, 2.24) is 15.3 Å². The first-order valence-electron chi connectivity index (χ1n) is 6.65. The molecule has 104 valence electrons. The van der Waals surface area contributed by atoms with Gasteiger partial charge in [0.05, 0.1) is 19.0 Å². The molecule has 1 aliphatic carbocycles. The van der Waals surface area contributed by atoms with Crippen LogP contribution in [0.3, 0.4) is 0 Å². The zero-order chi connectivity index (χ0) is 13.5. The van der Waals surface area contributed by atoms with Crippen LogP contribution in [-0.4, -0.2) is 42.2 Å². The van der Waals surface area contributed by atoms with Crippen LogP contribution in [0.2, 0.25) is 0 Å². The molecule has 0 radical (unpaired) electrons. The minimum absolute atomic E-state index is 0.225. The summed E-state index contributed by atoms with van der Waals surface area (Å²) in [5.74, 6) is 0.511. The molecule has 0 saturated heterocycles. The van der Waals surface area contributed by atoms with E-state index in [9.17, 15) is 4.79 Å². The second-order valence-corrected chi connectivity index (χ2v) is 4.66. The Labute approximate surface area is 113 Å². The number of nitrogens with one attached hydrogen (secondary N) is 2. The summed E-state index contributed by atoms with van der Waals surface area (Å²) in [4.78, 5) is 20.0. The van der Waals surface area contributed by atoms with Crippen LogP contribution >= 0.6 is 0 Å². The Bertz CT molecular complexity index is 402. The van der Waals surface area contributed by atoms with Gasteiger partial charge in [0, 0.05) is 19.7 Å². The molecular formula is C13H20N4O2. The molecule has 2 N–H and O–H groups in total. The van der Waals surface area contributed by atoms with E-state index in [0.29, 0.717) is 24.9 Å². The van der Waals surface area contributed by atoms with Gasteiger partial charge in [-0.15, -0.1) is 0 Å². The normalized spacial score (nSPS) is 15.4. The first-order valence-corrected chi connectivity index (χ1v) is 6.65. The van der Waals surface area contributed by atoms with Crippen LogP contribution in [0.15, 0.2) is 12.4 Å². The van der Waals surface area contributed by atoms with Gasteiger partial charge in [-0.3, -0.25) is 4.79 Å². The zero-order valence-electron chi connectivity index (χ0n) is 11.2. The maximum absolute atomic E-state index is 11.7. The van der Waals surface area contributed by atoms with Crippen molar-refractivity contribution in [3.63, 3.8) is 0 Å². The molecule has 0 unspecified atom stereocenters. The molecule has 1 amide bonds. The van der Waals surface area contributed by atoms with Crippen molar-refractivity contribution in [1.29, 1.82) is 0 Å². The predicted molar refractivity (Wildman–Crippen MR) is 72.1 cm³/mol. The fraction of sp³-hybridized carbons (Fsp3) is 0.615. The van der Waals surface area contributed by atoms with E-state index in [1.54, 1.807) is 13.3 Å². The van der Waals surface area contributed by atoms with Crippen molar-refractivity contribution >= 4 is 11.7 Å². The molecule has 19 heavy (non-hydrogen) atoms. The minimum Gasteiger partial charge on any atom is -0.383 e. The highest BCUT2D eigenvalue weighted by Crippen LogP contribution is 2.20. The van der Waals surface area contributed by atoms with Gasteiger partial charge in [0.25, 0.3) is 5.91 Å². The maximum atomic E-state index is 11.7. The van der Waals surface area contributed by atoms with Gasteiger partial charge in [0.15, 0.2) is 0 Å². The number of rotatable bonds is 6. The summed E-state index contributed by atoms with van der Waals surface area (Å²) in [6.45, 7) is 0.958. The highest BCUT2D eigenvalue weighted by atomic mass is 16.5. The standard InChI is InChI=1S/C13H20N4O2/c1-19-7-6-14-13(18)11-8-16-12(9-15-11)17-10-4-2-3-5-10/h8-10H,2-7H2,1H3,(H,14,18)(H,16,17). The monoisotopic (exact) mass is 264 g/mol. The van der Waals surface area contributed by atoms with Gasteiger partial charge in [-0.05, 0) is 12.8 Å². The summed E-state index contributed by atoms with van der Waals surface area (Å²) in [6, 6.07) is 0.496. The van der Waals surface area contributed by atoms with Crippen LogP contribution in [0.4, 0.5) is 5.82 Å². The van der Waals surface area contributed by atoms with Crippen molar-refractivity contribution in [3.8, 4) is 0 Å². The summed E-state index contributed by atoms with van der Waals surface area (Å²) in [6.07, 6.45) is 8.01. The summed E-state index contributed by atoms with van der Waals surface area (Å²) in [7, 11) is 1.59. The number of amides is 1. The van der Waals surface area contributed by atoms with Crippen LogP contribution in [0, 0.1) is 0 Å². The molecule has 1 fully saturated rings. The van der Waals surface area contributed by atoms with Gasteiger partial charge in [-0.25, -0.2) is 9.97 Å². The smallest absolute Gasteiger partial charge is 0.271 e. The van der Waals surface area contributed by atoms with Crippen molar-refractivity contribution in [2.45, 2.75) is 31.7 Å². The second kappa shape index (κ2) is 7.04. The van der Waals surface area contributed by atoms with Crippen molar-refractivity contribution < 1.29 is 9.53 Å². The molecule has 0 aromatic carbocycles. The third-order valence-corrected chi connectivity index (χ3v) is 3.18. The van der Waals surface area contributed by atoms with E-state index >= 15 is 0 Å². The lowest BCUT2D eigenvalue weighted by molar-refractivity contribution is 0.0932. The lowest BCUT2D eigenvalue weighted by Crippen LogP contribution is -2.28. The lowest BCUT2D eigenvalue weighted by Gasteiger charge is -2.12. The molecule has 0 aliphatic heterocycles. The molecule has 0 atom stereocenters. The molecule has 1 heterocycles. The minimum atomic E-state index is -0.225. The van der Waals surface area contributed by atoms with E-state index in [4.69, 9.17) is 4.74 Å². The second-order valence-electron chi connectivity index (χ2n) is 4.66. The number of carbonyl (C=O) groups is 1. The van der Waals surface area contributed by atoms with Gasteiger partial charge in [0.2, 0.25) is 0 Å². The van der Waals surface area contributed by atoms with Crippen molar-refractivity contribution in [3.05, 3.63) is 18.1 Å². The van der Waals surface area contributed by atoms with Crippen LogP contribution in [0.1, 0.15) is 36.2 Å². The molecular weight excluding hydrogens is 244 g/mol. The summed E-state index contributed by atoms with van der Waals surface area (Å²) >= 11 is 0. The Balaban J connectivity index is 1.84. The number of nitrogens with zero attached hydrogens (tertiary/aromatic N) is 2. The Morgan fingerprint density at radius 2 is 2.16 bits per heavy atom.